The Hall–Kier alpha value is -4.15. The summed E-state index contributed by atoms with van der Waals surface area (Å²) in [5.74, 6) is 5.68. The molecule has 0 aliphatic rings. The summed E-state index contributed by atoms with van der Waals surface area (Å²) in [4.78, 5) is 36.2. The van der Waals surface area contributed by atoms with Gasteiger partial charge < -0.3 is 0 Å². The van der Waals surface area contributed by atoms with Gasteiger partial charge in [0.2, 0.25) is 5.28 Å². The van der Waals surface area contributed by atoms with Crippen LogP contribution in [-0.4, -0.2) is 23.9 Å². The summed E-state index contributed by atoms with van der Waals surface area (Å²) in [5.41, 5.74) is 1.76. The molecule has 3 aromatic heterocycles. The summed E-state index contributed by atoms with van der Waals surface area (Å²) in [6.45, 7) is 2.18. The fraction of sp³-hybridized carbons (Fsp3) is 0.154. The molecule has 7 nitrogen and oxygen atoms in total. The standard InChI is InChI=1S/C26H20ClN5O2/c1-2-3-15-30-23-22(29-26(30)27)24(33)31(16-18-9-5-4-6-10-18)32(25(23)34)17-20-14-13-19-11-7-8-12-21(19)28-20/h4-14H,15-17H2,1H3. The second-order valence-electron chi connectivity index (χ2n) is 7.80. The highest BCUT2D eigenvalue weighted by atomic mass is 35.5. The predicted octanol–water partition coefficient (Wildman–Crippen LogP) is 3.68. The van der Waals surface area contributed by atoms with Crippen LogP contribution in [0.3, 0.4) is 0 Å². The van der Waals surface area contributed by atoms with E-state index in [0.29, 0.717) is 5.69 Å². The maximum atomic E-state index is 13.8. The third kappa shape index (κ3) is 3.89. The predicted molar refractivity (Wildman–Crippen MR) is 133 cm³/mol. The van der Waals surface area contributed by atoms with Crippen LogP contribution in [0, 0.1) is 11.8 Å². The summed E-state index contributed by atoms with van der Waals surface area (Å²) in [5, 5.41) is 1.05. The smallest absolute Gasteiger partial charge is 0.293 e. The molecule has 34 heavy (non-hydrogen) atoms. The van der Waals surface area contributed by atoms with Gasteiger partial charge in [0.1, 0.15) is 5.52 Å². The normalized spacial score (nSPS) is 11.0. The van der Waals surface area contributed by atoms with Gasteiger partial charge >= 0.3 is 0 Å². The summed E-state index contributed by atoms with van der Waals surface area (Å²) < 4.78 is 4.31. The van der Waals surface area contributed by atoms with Crippen molar-refractivity contribution in [2.75, 3.05) is 0 Å². The number of hydrogen-bond donors (Lipinski definition) is 0. The van der Waals surface area contributed by atoms with Crippen LogP contribution in [0.25, 0.3) is 21.9 Å². The van der Waals surface area contributed by atoms with E-state index in [9.17, 15) is 9.59 Å². The van der Waals surface area contributed by atoms with Gasteiger partial charge in [-0.1, -0.05) is 60.5 Å². The van der Waals surface area contributed by atoms with Crippen molar-refractivity contribution < 1.29 is 0 Å². The molecule has 168 valence electrons. The van der Waals surface area contributed by atoms with Crippen LogP contribution in [0.4, 0.5) is 0 Å². The lowest BCUT2D eigenvalue weighted by molar-refractivity contribution is 0.467. The van der Waals surface area contributed by atoms with Crippen molar-refractivity contribution in [1.82, 2.24) is 23.9 Å². The SMILES string of the molecule is CC#CCn1c(Cl)nc2c(=O)n(Cc3ccccc3)n(Cc3ccc4ccccc4n3)c(=O)c21. The fourth-order valence-electron chi connectivity index (χ4n) is 3.98. The molecule has 0 unspecified atom stereocenters. The average Bonchev–Trinajstić information content (AvgIpc) is 3.20. The third-order valence-corrected chi connectivity index (χ3v) is 5.93. The number of para-hydroxylation sites is 1. The minimum atomic E-state index is -0.399. The van der Waals surface area contributed by atoms with Crippen molar-refractivity contribution in [2.45, 2.75) is 26.6 Å². The van der Waals surface area contributed by atoms with Crippen LogP contribution in [-0.2, 0) is 19.6 Å². The molecule has 0 aliphatic heterocycles. The molecule has 8 heteroatoms. The Balaban J connectivity index is 1.74. The van der Waals surface area contributed by atoms with Gasteiger partial charge in [-0.15, -0.1) is 5.92 Å². The molecule has 0 bridgehead atoms. The van der Waals surface area contributed by atoms with Gasteiger partial charge in [-0.3, -0.25) is 19.1 Å². The first-order valence-corrected chi connectivity index (χ1v) is 11.1. The molecule has 0 atom stereocenters. The minimum Gasteiger partial charge on any atom is -0.298 e. The number of fused-ring (bicyclic) bond motifs is 2. The summed E-state index contributed by atoms with van der Waals surface area (Å²) in [7, 11) is 0. The van der Waals surface area contributed by atoms with Crippen LogP contribution in [0.5, 0.6) is 0 Å². The topological polar surface area (TPSA) is 74.7 Å². The molecule has 5 rings (SSSR count). The molecule has 5 aromatic rings. The molecule has 0 spiro atoms. The number of aromatic nitrogens is 5. The molecule has 2 aromatic carbocycles. The first-order chi connectivity index (χ1) is 16.6. The van der Waals surface area contributed by atoms with Crippen molar-refractivity contribution >= 4 is 33.5 Å². The second-order valence-corrected chi connectivity index (χ2v) is 8.14. The highest BCUT2D eigenvalue weighted by molar-refractivity contribution is 6.29. The molecule has 3 heterocycles. The lowest BCUT2D eigenvalue weighted by atomic mass is 10.2. The van der Waals surface area contributed by atoms with E-state index in [1.54, 1.807) is 6.92 Å². The lowest BCUT2D eigenvalue weighted by Crippen LogP contribution is -2.40. The Bertz CT molecular complexity index is 1700. The van der Waals surface area contributed by atoms with Gasteiger partial charge in [-0.25, -0.2) is 14.3 Å². The van der Waals surface area contributed by atoms with E-state index < -0.39 is 5.56 Å². The second kappa shape index (κ2) is 9.00. The number of hydrogen-bond acceptors (Lipinski definition) is 4. The Morgan fingerprint density at radius 2 is 1.59 bits per heavy atom. The zero-order chi connectivity index (χ0) is 23.7. The number of pyridine rings is 1. The highest BCUT2D eigenvalue weighted by Crippen LogP contribution is 2.16. The Labute approximate surface area is 199 Å². The van der Waals surface area contributed by atoms with Crippen LogP contribution < -0.4 is 11.1 Å². The lowest BCUT2D eigenvalue weighted by Gasteiger charge is -2.16. The van der Waals surface area contributed by atoms with Crippen molar-refractivity contribution in [2.24, 2.45) is 0 Å². The van der Waals surface area contributed by atoms with Crippen LogP contribution in [0.2, 0.25) is 5.28 Å². The minimum absolute atomic E-state index is 0.0338. The molecular formula is C26H20ClN5O2. The zero-order valence-electron chi connectivity index (χ0n) is 18.4. The number of halogens is 1. The van der Waals surface area contributed by atoms with Gasteiger partial charge in [0.05, 0.1) is 30.8 Å². The van der Waals surface area contributed by atoms with Crippen LogP contribution >= 0.6 is 11.6 Å². The van der Waals surface area contributed by atoms with Crippen molar-refractivity contribution in [3.05, 3.63) is 104 Å². The first kappa shape index (κ1) is 21.7. The number of nitrogens with zero attached hydrogens (tertiary/aromatic N) is 5. The third-order valence-electron chi connectivity index (χ3n) is 5.64. The van der Waals surface area contributed by atoms with E-state index in [4.69, 9.17) is 16.6 Å². The van der Waals surface area contributed by atoms with Crippen molar-refractivity contribution in [1.29, 1.82) is 0 Å². The highest BCUT2D eigenvalue weighted by Gasteiger charge is 2.21. The molecule has 0 aliphatic carbocycles. The van der Waals surface area contributed by atoms with Crippen molar-refractivity contribution in [3.63, 3.8) is 0 Å². The zero-order valence-corrected chi connectivity index (χ0v) is 19.2. The summed E-state index contributed by atoms with van der Waals surface area (Å²) in [6, 6.07) is 21.1. The summed E-state index contributed by atoms with van der Waals surface area (Å²) in [6.07, 6.45) is 0. The number of imidazole rings is 1. The molecule has 0 amide bonds. The van der Waals surface area contributed by atoms with Gasteiger partial charge in [-0.2, -0.15) is 0 Å². The van der Waals surface area contributed by atoms with Gasteiger partial charge in [0.15, 0.2) is 5.52 Å². The number of rotatable bonds is 5. The molecule has 0 saturated heterocycles. The average molecular weight is 470 g/mol. The fourth-order valence-corrected chi connectivity index (χ4v) is 4.21. The Morgan fingerprint density at radius 1 is 0.853 bits per heavy atom. The van der Waals surface area contributed by atoms with E-state index in [-0.39, 0.29) is 41.5 Å². The van der Waals surface area contributed by atoms with Gasteiger partial charge in [0, 0.05) is 5.39 Å². The first-order valence-electron chi connectivity index (χ1n) is 10.7. The maximum Gasteiger partial charge on any atom is 0.293 e. The van der Waals surface area contributed by atoms with E-state index in [1.165, 1.54) is 13.9 Å². The van der Waals surface area contributed by atoms with E-state index in [1.807, 2.05) is 66.7 Å². The summed E-state index contributed by atoms with van der Waals surface area (Å²) >= 11 is 6.31. The Morgan fingerprint density at radius 3 is 2.38 bits per heavy atom. The molecule has 0 radical (unpaired) electrons. The number of benzene rings is 2. The van der Waals surface area contributed by atoms with Crippen LogP contribution in [0.1, 0.15) is 18.2 Å². The van der Waals surface area contributed by atoms with Gasteiger partial charge in [-0.05, 0) is 36.2 Å². The molecular weight excluding hydrogens is 450 g/mol. The molecule has 0 fully saturated rings. The molecule has 0 saturated carbocycles. The van der Waals surface area contributed by atoms with E-state index >= 15 is 0 Å². The monoisotopic (exact) mass is 469 g/mol. The Kier molecular flexibility index (Phi) is 5.74. The van der Waals surface area contributed by atoms with Gasteiger partial charge in [0.25, 0.3) is 11.1 Å². The largest absolute Gasteiger partial charge is 0.298 e. The van der Waals surface area contributed by atoms with E-state index in [2.05, 4.69) is 16.8 Å². The van der Waals surface area contributed by atoms with Crippen LogP contribution in [0.15, 0.2) is 76.3 Å². The van der Waals surface area contributed by atoms with E-state index in [0.717, 1.165) is 16.5 Å². The van der Waals surface area contributed by atoms with Crippen molar-refractivity contribution in [3.8, 4) is 11.8 Å². The maximum absolute atomic E-state index is 13.8. The molecule has 0 N–H and O–H groups in total. The quantitative estimate of drug-likeness (QED) is 0.368.